The molecule has 0 fully saturated rings. The Hall–Kier alpha value is -4.13. The van der Waals surface area contributed by atoms with Crippen LogP contribution in [0.3, 0.4) is 0 Å². The van der Waals surface area contributed by atoms with E-state index in [4.69, 9.17) is 13.6 Å². The topological polar surface area (TPSA) is 102 Å². The van der Waals surface area contributed by atoms with Crippen molar-refractivity contribution in [1.29, 1.82) is 0 Å². The van der Waals surface area contributed by atoms with Crippen molar-refractivity contribution in [3.05, 3.63) is 102 Å². The van der Waals surface area contributed by atoms with Crippen molar-refractivity contribution in [2.75, 3.05) is 0 Å². The molecule has 0 atom stereocenters. The smallest absolute Gasteiger partial charge is 0.386 e. The Balaban J connectivity index is 1.58. The van der Waals surface area contributed by atoms with Crippen molar-refractivity contribution in [1.82, 2.24) is 5.06 Å². The van der Waals surface area contributed by atoms with Gasteiger partial charge in [-0.25, -0.2) is 0 Å². The van der Waals surface area contributed by atoms with Crippen LogP contribution in [0.15, 0.2) is 91.0 Å². The lowest BCUT2D eigenvalue weighted by molar-refractivity contribution is -0.0377. The SMILES string of the molecule is O=C1c2cccc3cc(OP(=O)(Oc4ccccc4)Oc4ccccc4)cc(c23)C(=O)N1O. The molecule has 0 radical (unpaired) electrons. The van der Waals surface area contributed by atoms with E-state index in [2.05, 4.69) is 0 Å². The van der Waals surface area contributed by atoms with Gasteiger partial charge in [0.15, 0.2) is 0 Å². The molecule has 1 aliphatic rings. The molecule has 0 saturated carbocycles. The average Bonchev–Trinajstić information content (AvgIpc) is 2.82. The highest BCUT2D eigenvalue weighted by Crippen LogP contribution is 2.50. The van der Waals surface area contributed by atoms with Crippen molar-refractivity contribution in [3.8, 4) is 17.2 Å². The Morgan fingerprint density at radius 2 is 1.18 bits per heavy atom. The number of carbonyl (C=O) groups is 2. The predicted octanol–water partition coefficient (Wildman–Crippen LogP) is 5.47. The third kappa shape index (κ3) is 3.93. The number of para-hydroxylation sites is 2. The van der Waals surface area contributed by atoms with Gasteiger partial charge in [-0.15, -0.1) is 5.06 Å². The van der Waals surface area contributed by atoms with E-state index < -0.39 is 19.6 Å². The molecule has 0 spiro atoms. The first-order valence-electron chi connectivity index (χ1n) is 9.87. The van der Waals surface area contributed by atoms with Crippen molar-refractivity contribution >= 4 is 30.4 Å². The Morgan fingerprint density at radius 1 is 0.636 bits per heavy atom. The molecule has 1 aliphatic heterocycles. The maximum atomic E-state index is 13.7. The number of phosphoric acid groups is 1. The number of imide groups is 1. The van der Waals surface area contributed by atoms with Crippen LogP contribution >= 0.6 is 7.82 Å². The zero-order chi connectivity index (χ0) is 23.0. The highest BCUT2D eigenvalue weighted by molar-refractivity contribution is 7.49. The van der Waals surface area contributed by atoms with Crippen molar-refractivity contribution in [2.24, 2.45) is 0 Å². The van der Waals surface area contributed by atoms with E-state index in [1.165, 1.54) is 18.2 Å². The number of phosphoric ester groups is 1. The Labute approximate surface area is 188 Å². The third-order valence-electron chi connectivity index (χ3n) is 4.93. The number of rotatable bonds is 6. The van der Waals surface area contributed by atoms with Crippen molar-refractivity contribution in [2.45, 2.75) is 0 Å². The summed E-state index contributed by atoms with van der Waals surface area (Å²) in [7, 11) is -4.29. The lowest BCUT2D eigenvalue weighted by Gasteiger charge is -2.23. The number of carbonyl (C=O) groups excluding carboxylic acids is 2. The van der Waals surface area contributed by atoms with Crippen LogP contribution in [-0.2, 0) is 4.57 Å². The van der Waals surface area contributed by atoms with Gasteiger partial charge in [0.05, 0.1) is 11.1 Å². The Kier molecular flexibility index (Phi) is 5.09. The van der Waals surface area contributed by atoms with E-state index in [0.29, 0.717) is 10.8 Å². The number of hydrogen-bond acceptors (Lipinski definition) is 7. The second kappa shape index (κ2) is 8.09. The predicted molar refractivity (Wildman–Crippen MR) is 119 cm³/mol. The lowest BCUT2D eigenvalue weighted by Crippen LogP contribution is -2.37. The van der Waals surface area contributed by atoms with Crippen LogP contribution in [0.25, 0.3) is 10.8 Å². The first kappa shape index (κ1) is 20.8. The van der Waals surface area contributed by atoms with E-state index in [-0.39, 0.29) is 33.4 Å². The number of nitrogens with zero attached hydrogens (tertiary/aromatic N) is 1. The highest BCUT2D eigenvalue weighted by atomic mass is 31.2. The van der Waals surface area contributed by atoms with Gasteiger partial charge >= 0.3 is 7.82 Å². The van der Waals surface area contributed by atoms with Gasteiger partial charge in [0.25, 0.3) is 11.8 Å². The van der Waals surface area contributed by atoms with Crippen LogP contribution in [-0.4, -0.2) is 22.1 Å². The maximum Gasteiger partial charge on any atom is 0.647 e. The number of hydroxylamine groups is 2. The minimum atomic E-state index is -4.29. The molecule has 164 valence electrons. The summed E-state index contributed by atoms with van der Waals surface area (Å²) in [6.45, 7) is 0. The van der Waals surface area contributed by atoms with Crippen LogP contribution < -0.4 is 13.6 Å². The van der Waals surface area contributed by atoms with Gasteiger partial charge < -0.3 is 13.6 Å². The third-order valence-corrected chi connectivity index (χ3v) is 6.24. The molecule has 5 rings (SSSR count). The van der Waals surface area contributed by atoms with Crippen molar-refractivity contribution < 1.29 is 32.9 Å². The van der Waals surface area contributed by atoms with E-state index in [9.17, 15) is 19.4 Å². The van der Waals surface area contributed by atoms with E-state index in [0.717, 1.165) is 0 Å². The molecule has 0 unspecified atom stereocenters. The molecule has 4 aromatic rings. The summed E-state index contributed by atoms with van der Waals surface area (Å²) in [5.41, 5.74) is 0.187. The summed E-state index contributed by atoms with van der Waals surface area (Å²) < 4.78 is 30.6. The van der Waals surface area contributed by atoms with Gasteiger partial charge in [0.2, 0.25) is 0 Å². The molecule has 9 heteroatoms. The van der Waals surface area contributed by atoms with Crippen LogP contribution in [0.2, 0.25) is 0 Å². The Bertz CT molecular complexity index is 1380. The normalized spacial score (nSPS) is 13.2. The van der Waals surface area contributed by atoms with Crippen LogP contribution in [0.5, 0.6) is 17.2 Å². The molecule has 0 aromatic heterocycles. The van der Waals surface area contributed by atoms with Gasteiger partial charge in [-0.1, -0.05) is 48.5 Å². The number of amides is 2. The minimum absolute atomic E-state index is 0.000875. The molecule has 4 aromatic carbocycles. The van der Waals surface area contributed by atoms with E-state index in [1.54, 1.807) is 72.8 Å². The molecule has 8 nitrogen and oxygen atoms in total. The zero-order valence-corrected chi connectivity index (χ0v) is 17.8. The van der Waals surface area contributed by atoms with E-state index in [1.807, 2.05) is 0 Å². The fraction of sp³-hybridized carbons (Fsp3) is 0. The molecule has 0 bridgehead atoms. The summed E-state index contributed by atoms with van der Waals surface area (Å²) in [4.78, 5) is 24.9. The van der Waals surface area contributed by atoms with Crippen molar-refractivity contribution in [3.63, 3.8) is 0 Å². The second-order valence-corrected chi connectivity index (χ2v) is 8.59. The summed E-state index contributed by atoms with van der Waals surface area (Å²) in [5, 5.41) is 10.8. The maximum absolute atomic E-state index is 13.7. The molecular weight excluding hydrogens is 445 g/mol. The van der Waals surface area contributed by atoms with Gasteiger partial charge in [0.1, 0.15) is 17.2 Å². The fourth-order valence-electron chi connectivity index (χ4n) is 3.53. The molecule has 0 saturated heterocycles. The zero-order valence-electron chi connectivity index (χ0n) is 17.0. The molecule has 1 N–H and O–H groups in total. The average molecular weight is 461 g/mol. The first-order valence-corrected chi connectivity index (χ1v) is 11.3. The molecule has 1 heterocycles. The summed E-state index contributed by atoms with van der Waals surface area (Å²) in [5.74, 6) is -1.23. The standard InChI is InChI=1S/C24H16NO7P/c26-23-20-13-7-8-16-14-19(15-21(22(16)20)24(27)25(23)28)32-33(29,30-17-9-3-1-4-10-17)31-18-11-5-2-6-12-18/h1-15,28H. The van der Waals surface area contributed by atoms with E-state index >= 15 is 0 Å². The van der Waals surface area contributed by atoms with Crippen LogP contribution in [0, 0.1) is 0 Å². The fourth-order valence-corrected chi connectivity index (χ4v) is 4.76. The quantitative estimate of drug-likeness (QED) is 0.231. The number of hydrogen-bond donors (Lipinski definition) is 1. The van der Waals surface area contributed by atoms with Crippen LogP contribution in [0.1, 0.15) is 20.7 Å². The number of benzene rings is 4. The largest absolute Gasteiger partial charge is 0.647 e. The molecule has 33 heavy (non-hydrogen) atoms. The second-order valence-electron chi connectivity index (χ2n) is 7.14. The lowest BCUT2D eigenvalue weighted by atomic mass is 9.95. The molecular formula is C24H16NO7P. The summed E-state index contributed by atoms with van der Waals surface area (Å²) >= 11 is 0. The van der Waals surface area contributed by atoms with Gasteiger partial charge in [-0.05, 0) is 47.9 Å². The minimum Gasteiger partial charge on any atom is -0.386 e. The van der Waals surface area contributed by atoms with Gasteiger partial charge in [0, 0.05) is 5.39 Å². The highest BCUT2D eigenvalue weighted by Gasteiger charge is 2.36. The van der Waals surface area contributed by atoms with Crippen LogP contribution in [0.4, 0.5) is 0 Å². The monoisotopic (exact) mass is 461 g/mol. The van der Waals surface area contributed by atoms with Gasteiger partial charge in [-0.2, -0.15) is 4.57 Å². The summed E-state index contributed by atoms with van der Waals surface area (Å²) in [6.07, 6.45) is 0. The summed E-state index contributed by atoms with van der Waals surface area (Å²) in [6, 6.07) is 24.3. The Morgan fingerprint density at radius 3 is 1.79 bits per heavy atom. The first-order chi connectivity index (χ1) is 15.9. The molecule has 0 aliphatic carbocycles. The van der Waals surface area contributed by atoms with Gasteiger partial charge in [-0.3, -0.25) is 14.8 Å². The molecule has 2 amide bonds.